The summed E-state index contributed by atoms with van der Waals surface area (Å²) >= 11 is 5.01. The molecule has 0 aliphatic carbocycles. The second kappa shape index (κ2) is 4.76. The summed E-state index contributed by atoms with van der Waals surface area (Å²) in [6.07, 6.45) is 0.515. The van der Waals surface area contributed by atoms with Gasteiger partial charge in [-0.15, -0.1) is 11.3 Å². The van der Waals surface area contributed by atoms with Gasteiger partial charge in [-0.25, -0.2) is 0 Å². The Bertz CT molecular complexity index is 357. The van der Waals surface area contributed by atoms with Crippen molar-refractivity contribution in [2.24, 2.45) is 0 Å². The molecule has 0 aliphatic heterocycles. The number of rotatable bonds is 4. The molecule has 15 heavy (non-hydrogen) atoms. The minimum Gasteiger partial charge on any atom is -0.298 e. The van der Waals surface area contributed by atoms with Gasteiger partial charge in [-0.05, 0) is 49.9 Å². The molecule has 0 radical (unpaired) electrons. The zero-order valence-electron chi connectivity index (χ0n) is 9.50. The molecule has 0 saturated carbocycles. The fourth-order valence-corrected chi connectivity index (χ4v) is 2.52. The average molecular weight is 290 g/mol. The van der Waals surface area contributed by atoms with E-state index in [1.54, 1.807) is 11.3 Å². The highest BCUT2D eigenvalue weighted by Gasteiger charge is 2.29. The Hall–Kier alpha value is -0.190. The molecule has 1 aromatic rings. The topological polar surface area (TPSA) is 20.3 Å². The lowest BCUT2D eigenvalue weighted by Gasteiger charge is -2.30. The summed E-state index contributed by atoms with van der Waals surface area (Å²) in [6.45, 7) is 3.91. The van der Waals surface area contributed by atoms with E-state index in [1.807, 2.05) is 44.3 Å². The molecule has 4 heteroatoms. The van der Waals surface area contributed by atoms with Crippen molar-refractivity contribution in [2.45, 2.75) is 25.8 Å². The summed E-state index contributed by atoms with van der Waals surface area (Å²) in [5.41, 5.74) is -0.392. The molecule has 0 N–H and O–H groups in total. The molecule has 0 saturated heterocycles. The molecule has 0 aliphatic rings. The number of carbonyl (C=O) groups excluding carboxylic acids is 1. The van der Waals surface area contributed by atoms with Gasteiger partial charge in [-0.2, -0.15) is 0 Å². The third kappa shape index (κ3) is 3.13. The number of nitrogens with zero attached hydrogens (tertiary/aromatic N) is 1. The van der Waals surface area contributed by atoms with E-state index in [4.69, 9.17) is 0 Å². The van der Waals surface area contributed by atoms with Gasteiger partial charge in [0.15, 0.2) is 5.78 Å². The first-order chi connectivity index (χ1) is 6.84. The summed E-state index contributed by atoms with van der Waals surface area (Å²) in [7, 11) is 3.87. The van der Waals surface area contributed by atoms with Gasteiger partial charge in [0.2, 0.25) is 0 Å². The van der Waals surface area contributed by atoms with Crippen molar-refractivity contribution in [1.82, 2.24) is 4.90 Å². The molecule has 1 rings (SSSR count). The molecular formula is C11H16BrNOS. The van der Waals surface area contributed by atoms with Crippen LogP contribution in [0.15, 0.2) is 15.9 Å². The van der Waals surface area contributed by atoms with E-state index in [9.17, 15) is 4.79 Å². The Morgan fingerprint density at radius 2 is 2.13 bits per heavy atom. The van der Waals surface area contributed by atoms with Crippen LogP contribution in [0, 0.1) is 0 Å². The Labute approximate surface area is 103 Å². The molecule has 84 valence electrons. The first-order valence-electron chi connectivity index (χ1n) is 4.77. The van der Waals surface area contributed by atoms with Gasteiger partial charge in [0.05, 0.1) is 5.54 Å². The number of Topliss-reactive ketones (excluding diaryl/α,β-unsaturated/α-hetero) is 1. The lowest BCUT2D eigenvalue weighted by molar-refractivity contribution is -0.127. The number of hydrogen-bond donors (Lipinski definition) is 0. The molecule has 0 aromatic carbocycles. The van der Waals surface area contributed by atoms with Crippen molar-refractivity contribution in [3.63, 3.8) is 0 Å². The third-order valence-corrected chi connectivity index (χ3v) is 4.45. The van der Waals surface area contributed by atoms with Crippen molar-refractivity contribution in [3.8, 4) is 0 Å². The monoisotopic (exact) mass is 289 g/mol. The predicted octanol–water partition coefficient (Wildman–Crippen LogP) is 2.96. The first kappa shape index (κ1) is 12.9. The molecule has 0 fully saturated rings. The van der Waals surface area contributed by atoms with Crippen LogP contribution in [-0.4, -0.2) is 30.3 Å². The van der Waals surface area contributed by atoms with Crippen LogP contribution in [0.3, 0.4) is 0 Å². The van der Waals surface area contributed by atoms with Crippen molar-refractivity contribution in [3.05, 3.63) is 20.8 Å². The number of likely N-dealkylation sites (N-methyl/N-ethyl adjacent to an activating group) is 1. The van der Waals surface area contributed by atoms with E-state index in [1.165, 1.54) is 0 Å². The van der Waals surface area contributed by atoms with Gasteiger partial charge in [-0.3, -0.25) is 9.69 Å². The van der Waals surface area contributed by atoms with Crippen LogP contribution in [0.25, 0.3) is 0 Å². The van der Waals surface area contributed by atoms with Gasteiger partial charge < -0.3 is 0 Å². The molecule has 0 bridgehead atoms. The van der Waals surface area contributed by atoms with E-state index in [-0.39, 0.29) is 5.78 Å². The highest BCUT2D eigenvalue weighted by atomic mass is 79.9. The van der Waals surface area contributed by atoms with E-state index in [0.717, 1.165) is 9.35 Å². The quantitative estimate of drug-likeness (QED) is 0.849. The Morgan fingerprint density at radius 3 is 2.53 bits per heavy atom. The van der Waals surface area contributed by atoms with Crippen molar-refractivity contribution >= 4 is 33.0 Å². The third-order valence-electron chi connectivity index (χ3n) is 2.76. The van der Waals surface area contributed by atoms with Crippen LogP contribution in [0.2, 0.25) is 0 Å². The van der Waals surface area contributed by atoms with Crippen LogP contribution < -0.4 is 0 Å². The number of halogens is 1. The summed E-state index contributed by atoms with van der Waals surface area (Å²) < 4.78 is 1.05. The highest BCUT2D eigenvalue weighted by Crippen LogP contribution is 2.23. The standard InChI is InChI=1S/C11H16BrNOS/c1-11(2,13(3)4)10(14)6-9-5-8(12)7-15-9/h5,7H,6H2,1-4H3. The summed E-state index contributed by atoms with van der Waals surface area (Å²) in [6, 6.07) is 2.01. The summed E-state index contributed by atoms with van der Waals surface area (Å²) in [5, 5.41) is 2.01. The number of hydrogen-bond acceptors (Lipinski definition) is 3. The van der Waals surface area contributed by atoms with Gasteiger partial charge >= 0.3 is 0 Å². The molecule has 2 nitrogen and oxygen atoms in total. The summed E-state index contributed by atoms with van der Waals surface area (Å²) in [4.78, 5) is 15.1. The smallest absolute Gasteiger partial charge is 0.157 e. The van der Waals surface area contributed by atoms with Crippen LogP contribution in [-0.2, 0) is 11.2 Å². The van der Waals surface area contributed by atoms with E-state index in [2.05, 4.69) is 15.9 Å². The van der Waals surface area contributed by atoms with Crippen molar-refractivity contribution < 1.29 is 4.79 Å². The average Bonchev–Trinajstić information content (AvgIpc) is 2.50. The van der Waals surface area contributed by atoms with Crippen LogP contribution in [0.4, 0.5) is 0 Å². The largest absolute Gasteiger partial charge is 0.298 e. The molecule has 1 aromatic heterocycles. The molecular weight excluding hydrogens is 274 g/mol. The van der Waals surface area contributed by atoms with Gasteiger partial charge in [0.1, 0.15) is 0 Å². The Kier molecular flexibility index (Phi) is 4.09. The van der Waals surface area contributed by atoms with Crippen molar-refractivity contribution in [2.75, 3.05) is 14.1 Å². The van der Waals surface area contributed by atoms with Gasteiger partial charge in [0, 0.05) is 21.2 Å². The predicted molar refractivity (Wildman–Crippen MR) is 68.5 cm³/mol. The minimum atomic E-state index is -0.392. The van der Waals surface area contributed by atoms with Gasteiger partial charge in [0.25, 0.3) is 0 Å². The van der Waals surface area contributed by atoms with Crippen LogP contribution in [0.5, 0.6) is 0 Å². The SMILES string of the molecule is CN(C)C(C)(C)C(=O)Cc1cc(Br)cs1. The highest BCUT2D eigenvalue weighted by molar-refractivity contribution is 9.10. The van der Waals surface area contributed by atoms with Crippen molar-refractivity contribution in [1.29, 1.82) is 0 Å². The van der Waals surface area contributed by atoms with Crippen LogP contribution in [0.1, 0.15) is 18.7 Å². The molecule has 0 atom stereocenters. The Morgan fingerprint density at radius 1 is 1.53 bits per heavy atom. The zero-order valence-corrected chi connectivity index (χ0v) is 11.9. The molecule has 0 amide bonds. The lowest BCUT2D eigenvalue weighted by Crippen LogP contribution is -2.46. The van der Waals surface area contributed by atoms with E-state index < -0.39 is 5.54 Å². The molecule has 0 unspecified atom stereocenters. The molecule has 0 spiro atoms. The second-order valence-electron chi connectivity index (χ2n) is 4.28. The van der Waals surface area contributed by atoms with Gasteiger partial charge in [-0.1, -0.05) is 0 Å². The fraction of sp³-hybridized carbons (Fsp3) is 0.545. The minimum absolute atomic E-state index is 0.252. The first-order valence-corrected chi connectivity index (χ1v) is 6.45. The number of carbonyl (C=O) groups is 1. The van der Waals surface area contributed by atoms with E-state index >= 15 is 0 Å². The summed E-state index contributed by atoms with van der Waals surface area (Å²) in [5.74, 6) is 0.252. The van der Waals surface area contributed by atoms with Crippen LogP contribution >= 0.6 is 27.3 Å². The Balaban J connectivity index is 2.71. The second-order valence-corrected chi connectivity index (χ2v) is 6.20. The van der Waals surface area contributed by atoms with E-state index in [0.29, 0.717) is 6.42 Å². The molecule has 1 heterocycles. The zero-order chi connectivity index (χ0) is 11.6. The maximum absolute atomic E-state index is 12.0. The maximum atomic E-state index is 12.0. The normalized spacial score (nSPS) is 12.1. The lowest BCUT2D eigenvalue weighted by atomic mass is 9.95. The fourth-order valence-electron chi connectivity index (χ4n) is 1.07. The number of thiophene rings is 1. The maximum Gasteiger partial charge on any atom is 0.157 e. The number of ketones is 1.